The fourth-order valence-corrected chi connectivity index (χ4v) is 1.92. The molecule has 0 aliphatic carbocycles. The van der Waals surface area contributed by atoms with E-state index in [1.807, 2.05) is 30.1 Å². The molecule has 0 amide bonds. The second-order valence-corrected chi connectivity index (χ2v) is 4.58. The van der Waals surface area contributed by atoms with Gasteiger partial charge in [-0.2, -0.15) is 5.26 Å². The summed E-state index contributed by atoms with van der Waals surface area (Å²) in [6, 6.07) is 12.5. The first kappa shape index (κ1) is 13.7. The Morgan fingerprint density at radius 2 is 2.15 bits per heavy atom. The van der Waals surface area contributed by atoms with Gasteiger partial charge in [-0.15, -0.1) is 0 Å². The van der Waals surface area contributed by atoms with Crippen LogP contribution in [-0.2, 0) is 6.54 Å². The van der Waals surface area contributed by atoms with Crippen LogP contribution in [0.15, 0.2) is 47.4 Å². The summed E-state index contributed by atoms with van der Waals surface area (Å²) in [6.45, 7) is 1.19. The topological polar surface area (TPSA) is 75.0 Å². The van der Waals surface area contributed by atoms with Crippen LogP contribution in [0.3, 0.4) is 0 Å². The Bertz CT molecular complexity index is 700. The van der Waals surface area contributed by atoms with Crippen LogP contribution in [0, 0.1) is 11.3 Å². The Hall–Kier alpha value is -2.74. The van der Waals surface area contributed by atoms with E-state index in [1.54, 1.807) is 22.9 Å². The van der Waals surface area contributed by atoms with Gasteiger partial charge in [0.15, 0.2) is 0 Å². The molecular weight excluding hydrogens is 252 g/mol. The lowest BCUT2D eigenvalue weighted by molar-refractivity contribution is 0.662. The number of pyridine rings is 1. The van der Waals surface area contributed by atoms with Gasteiger partial charge in [-0.25, -0.2) is 0 Å². The highest BCUT2D eigenvalue weighted by Gasteiger charge is 2.03. The summed E-state index contributed by atoms with van der Waals surface area (Å²) in [5.41, 5.74) is 7.74. The normalized spacial score (nSPS) is 10.0. The number of aromatic nitrogens is 1. The Kier molecular flexibility index (Phi) is 4.06. The van der Waals surface area contributed by atoms with E-state index in [4.69, 9.17) is 11.0 Å². The van der Waals surface area contributed by atoms with E-state index < -0.39 is 0 Å². The van der Waals surface area contributed by atoms with E-state index in [0.29, 0.717) is 24.3 Å². The number of likely N-dealkylation sites (N-methyl/N-ethyl adjacent to an activating group) is 1. The molecule has 1 heterocycles. The molecule has 0 saturated heterocycles. The molecule has 2 N–H and O–H groups in total. The van der Waals surface area contributed by atoms with Gasteiger partial charge in [-0.3, -0.25) is 4.79 Å². The largest absolute Gasteiger partial charge is 0.398 e. The summed E-state index contributed by atoms with van der Waals surface area (Å²) in [7, 11) is 1.92. The number of hydrogen-bond donors (Lipinski definition) is 1. The van der Waals surface area contributed by atoms with Gasteiger partial charge in [0.25, 0.3) is 5.56 Å². The Labute approximate surface area is 117 Å². The van der Waals surface area contributed by atoms with Gasteiger partial charge in [0.1, 0.15) is 0 Å². The lowest BCUT2D eigenvalue weighted by Gasteiger charge is -2.20. The quantitative estimate of drug-likeness (QED) is 0.910. The summed E-state index contributed by atoms with van der Waals surface area (Å²) >= 11 is 0. The van der Waals surface area contributed by atoms with Gasteiger partial charge in [-0.1, -0.05) is 6.07 Å². The average Bonchev–Trinajstić information content (AvgIpc) is 2.48. The average molecular weight is 268 g/mol. The number of anilines is 2. The molecule has 0 saturated carbocycles. The van der Waals surface area contributed by atoms with E-state index >= 15 is 0 Å². The monoisotopic (exact) mass is 268 g/mol. The van der Waals surface area contributed by atoms with Crippen molar-refractivity contribution in [3.63, 3.8) is 0 Å². The minimum Gasteiger partial charge on any atom is -0.398 e. The van der Waals surface area contributed by atoms with Crippen molar-refractivity contribution in [2.24, 2.45) is 0 Å². The number of nitriles is 1. The second kappa shape index (κ2) is 5.93. The zero-order valence-electron chi connectivity index (χ0n) is 11.3. The van der Waals surface area contributed by atoms with Crippen molar-refractivity contribution < 1.29 is 0 Å². The molecule has 0 unspecified atom stereocenters. The minimum absolute atomic E-state index is 0.0709. The maximum absolute atomic E-state index is 11.7. The van der Waals surface area contributed by atoms with Gasteiger partial charge in [-0.05, 0) is 24.3 Å². The standard InChI is InChI=1S/C15H16N4O/c1-18(14-4-2-3-12(9-14)10-16)7-8-19-11-13(17)5-6-15(19)20/h2-6,9,11H,7-8,17H2,1H3. The zero-order valence-corrected chi connectivity index (χ0v) is 11.3. The van der Waals surface area contributed by atoms with Crippen LogP contribution in [-0.4, -0.2) is 18.2 Å². The number of rotatable bonds is 4. The maximum Gasteiger partial charge on any atom is 0.250 e. The highest BCUT2D eigenvalue weighted by atomic mass is 16.1. The Morgan fingerprint density at radius 1 is 1.35 bits per heavy atom. The third-order valence-electron chi connectivity index (χ3n) is 3.10. The summed E-state index contributed by atoms with van der Waals surface area (Å²) in [5.74, 6) is 0. The van der Waals surface area contributed by atoms with Crippen LogP contribution in [0.2, 0.25) is 0 Å². The van der Waals surface area contributed by atoms with Crippen molar-refractivity contribution in [2.45, 2.75) is 6.54 Å². The molecule has 1 aromatic heterocycles. The first-order valence-electron chi connectivity index (χ1n) is 6.27. The van der Waals surface area contributed by atoms with E-state index in [9.17, 15) is 4.79 Å². The molecule has 0 bridgehead atoms. The molecule has 102 valence electrons. The number of nitrogens with zero attached hydrogens (tertiary/aromatic N) is 3. The number of hydrogen-bond acceptors (Lipinski definition) is 4. The molecule has 5 heteroatoms. The molecule has 0 atom stereocenters. The molecule has 2 rings (SSSR count). The predicted molar refractivity (Wildman–Crippen MR) is 79.5 cm³/mol. The third-order valence-corrected chi connectivity index (χ3v) is 3.10. The van der Waals surface area contributed by atoms with Gasteiger partial charge in [0, 0.05) is 43.8 Å². The van der Waals surface area contributed by atoms with Crippen LogP contribution in [0.25, 0.3) is 0 Å². The highest BCUT2D eigenvalue weighted by Crippen LogP contribution is 2.14. The molecular formula is C15H16N4O. The van der Waals surface area contributed by atoms with Crippen molar-refractivity contribution >= 4 is 11.4 Å². The number of nitrogen functional groups attached to an aromatic ring is 1. The van der Waals surface area contributed by atoms with Gasteiger partial charge in [0.2, 0.25) is 0 Å². The first-order chi connectivity index (χ1) is 9.60. The van der Waals surface area contributed by atoms with Crippen LogP contribution in [0.4, 0.5) is 11.4 Å². The van der Waals surface area contributed by atoms with E-state index in [-0.39, 0.29) is 5.56 Å². The third kappa shape index (κ3) is 3.18. The Morgan fingerprint density at radius 3 is 2.90 bits per heavy atom. The maximum atomic E-state index is 11.7. The SMILES string of the molecule is CN(CCn1cc(N)ccc1=O)c1cccc(C#N)c1. The molecule has 2 aromatic rings. The van der Waals surface area contributed by atoms with Crippen molar-refractivity contribution in [1.29, 1.82) is 5.26 Å². The van der Waals surface area contributed by atoms with Crippen molar-refractivity contribution in [3.05, 3.63) is 58.5 Å². The molecule has 0 fully saturated rings. The molecule has 0 aliphatic heterocycles. The Balaban J connectivity index is 2.08. The minimum atomic E-state index is -0.0709. The molecule has 0 aliphatic rings. The van der Waals surface area contributed by atoms with E-state index in [1.165, 1.54) is 6.07 Å². The van der Waals surface area contributed by atoms with Gasteiger partial charge >= 0.3 is 0 Å². The lowest BCUT2D eigenvalue weighted by Crippen LogP contribution is -2.28. The molecule has 5 nitrogen and oxygen atoms in total. The summed E-state index contributed by atoms with van der Waals surface area (Å²) in [4.78, 5) is 13.7. The van der Waals surface area contributed by atoms with E-state index in [0.717, 1.165) is 5.69 Å². The number of benzene rings is 1. The van der Waals surface area contributed by atoms with E-state index in [2.05, 4.69) is 6.07 Å². The molecule has 1 aromatic carbocycles. The first-order valence-corrected chi connectivity index (χ1v) is 6.27. The molecule has 0 spiro atoms. The summed E-state index contributed by atoms with van der Waals surface area (Å²) in [5, 5.41) is 8.89. The zero-order chi connectivity index (χ0) is 14.5. The molecule has 0 radical (unpaired) electrons. The summed E-state index contributed by atoms with van der Waals surface area (Å²) < 4.78 is 1.58. The van der Waals surface area contributed by atoms with Crippen LogP contribution in [0.1, 0.15) is 5.56 Å². The van der Waals surface area contributed by atoms with Gasteiger partial charge in [0.05, 0.1) is 11.6 Å². The smallest absolute Gasteiger partial charge is 0.250 e. The predicted octanol–water partition coefficient (Wildman–Crippen LogP) is 1.44. The molecule has 20 heavy (non-hydrogen) atoms. The van der Waals surface area contributed by atoms with Crippen molar-refractivity contribution in [2.75, 3.05) is 24.2 Å². The lowest BCUT2D eigenvalue weighted by atomic mass is 10.2. The van der Waals surface area contributed by atoms with Crippen LogP contribution < -0.4 is 16.2 Å². The van der Waals surface area contributed by atoms with Gasteiger partial charge < -0.3 is 15.2 Å². The van der Waals surface area contributed by atoms with Crippen molar-refractivity contribution in [3.8, 4) is 6.07 Å². The summed E-state index contributed by atoms with van der Waals surface area (Å²) in [6.07, 6.45) is 1.64. The van der Waals surface area contributed by atoms with Crippen LogP contribution in [0.5, 0.6) is 0 Å². The van der Waals surface area contributed by atoms with Crippen LogP contribution >= 0.6 is 0 Å². The van der Waals surface area contributed by atoms with Crippen molar-refractivity contribution in [1.82, 2.24) is 4.57 Å². The fraction of sp³-hybridized carbons (Fsp3) is 0.200. The fourth-order valence-electron chi connectivity index (χ4n) is 1.92. The highest BCUT2D eigenvalue weighted by molar-refractivity contribution is 5.50. The number of nitrogens with two attached hydrogens (primary N) is 1. The second-order valence-electron chi connectivity index (χ2n) is 4.58.